The van der Waals surface area contributed by atoms with Gasteiger partial charge in [-0.1, -0.05) is 19.3 Å². The third-order valence-corrected chi connectivity index (χ3v) is 3.24. The van der Waals surface area contributed by atoms with Crippen LogP contribution < -0.4 is 0 Å². The highest BCUT2D eigenvalue weighted by molar-refractivity contribution is 6.00. The third-order valence-electron chi connectivity index (χ3n) is 3.24. The molecule has 0 N–H and O–H groups in total. The quantitative estimate of drug-likeness (QED) is 0.734. The second-order valence-electron chi connectivity index (χ2n) is 4.29. The molecular weight excluding hydrogens is 204 g/mol. The zero-order chi connectivity index (χ0) is 11.4. The molecule has 0 spiro atoms. The fourth-order valence-corrected chi connectivity index (χ4v) is 2.47. The summed E-state index contributed by atoms with van der Waals surface area (Å²) in [6.45, 7) is 2.51. The van der Waals surface area contributed by atoms with E-state index in [-0.39, 0.29) is 5.78 Å². The Balaban J connectivity index is 2.21. The van der Waals surface area contributed by atoms with Crippen molar-refractivity contribution in [1.82, 2.24) is 0 Å². The maximum Gasteiger partial charge on any atom is 0.229 e. The van der Waals surface area contributed by atoms with Crippen LogP contribution in [0.25, 0.3) is 0 Å². The Bertz CT molecular complexity index is 329. The van der Waals surface area contributed by atoms with Crippen LogP contribution in [0.1, 0.15) is 49.6 Å². The minimum atomic E-state index is -0.620. The van der Waals surface area contributed by atoms with Gasteiger partial charge in [-0.15, -0.1) is 0 Å². The maximum atomic E-state index is 12.4. The van der Waals surface area contributed by atoms with Crippen LogP contribution in [0, 0.1) is 0 Å². The lowest BCUT2D eigenvalue weighted by Crippen LogP contribution is -2.43. The molecule has 0 amide bonds. The molecule has 1 heterocycles. The van der Waals surface area contributed by atoms with Crippen LogP contribution in [0.15, 0.2) is 22.8 Å². The van der Waals surface area contributed by atoms with Crippen LogP contribution in [0.4, 0.5) is 0 Å². The van der Waals surface area contributed by atoms with Gasteiger partial charge in [0.1, 0.15) is 5.60 Å². The van der Waals surface area contributed by atoms with E-state index >= 15 is 0 Å². The molecule has 0 radical (unpaired) electrons. The number of hydrogen-bond acceptors (Lipinski definition) is 3. The van der Waals surface area contributed by atoms with Gasteiger partial charge >= 0.3 is 0 Å². The standard InChI is InChI=1S/C13H18O3/c1-2-16-13(8-4-3-5-9-13)12(14)11-7-6-10-15-11/h6-7,10H,2-5,8-9H2,1H3. The molecule has 2 rings (SSSR count). The summed E-state index contributed by atoms with van der Waals surface area (Å²) >= 11 is 0. The molecule has 1 aliphatic carbocycles. The lowest BCUT2D eigenvalue weighted by atomic mass is 9.80. The average molecular weight is 222 g/mol. The van der Waals surface area contributed by atoms with Crippen molar-refractivity contribution in [3.63, 3.8) is 0 Å². The second-order valence-corrected chi connectivity index (χ2v) is 4.29. The number of carbonyl (C=O) groups is 1. The van der Waals surface area contributed by atoms with Crippen LogP contribution in [0.5, 0.6) is 0 Å². The van der Waals surface area contributed by atoms with Crippen molar-refractivity contribution in [1.29, 1.82) is 0 Å². The lowest BCUT2D eigenvalue weighted by Gasteiger charge is -2.34. The van der Waals surface area contributed by atoms with E-state index in [0.717, 1.165) is 25.7 Å². The van der Waals surface area contributed by atoms with Crippen molar-refractivity contribution >= 4 is 5.78 Å². The number of ether oxygens (including phenoxy) is 1. The molecule has 1 aliphatic rings. The van der Waals surface area contributed by atoms with E-state index in [0.29, 0.717) is 12.4 Å². The molecule has 1 aromatic rings. The van der Waals surface area contributed by atoms with Crippen molar-refractivity contribution in [2.75, 3.05) is 6.61 Å². The fraction of sp³-hybridized carbons (Fsp3) is 0.615. The predicted molar refractivity (Wildman–Crippen MR) is 60.5 cm³/mol. The van der Waals surface area contributed by atoms with Crippen LogP contribution in [-0.4, -0.2) is 18.0 Å². The van der Waals surface area contributed by atoms with Crippen LogP contribution in [-0.2, 0) is 4.74 Å². The van der Waals surface area contributed by atoms with Gasteiger partial charge < -0.3 is 9.15 Å². The first kappa shape index (κ1) is 11.4. The summed E-state index contributed by atoms with van der Waals surface area (Å²) in [7, 11) is 0. The Morgan fingerprint density at radius 3 is 2.75 bits per heavy atom. The molecule has 0 aromatic carbocycles. The average Bonchev–Trinajstić information content (AvgIpc) is 2.83. The minimum absolute atomic E-state index is 0.0130. The van der Waals surface area contributed by atoms with E-state index in [2.05, 4.69) is 0 Å². The molecule has 3 heteroatoms. The molecule has 1 fully saturated rings. The first-order chi connectivity index (χ1) is 7.78. The van der Waals surface area contributed by atoms with Crippen molar-refractivity contribution in [2.24, 2.45) is 0 Å². The molecule has 0 atom stereocenters. The SMILES string of the molecule is CCOC1(C(=O)c2ccco2)CCCCC1. The van der Waals surface area contributed by atoms with E-state index < -0.39 is 5.60 Å². The Hall–Kier alpha value is -1.09. The Morgan fingerprint density at radius 1 is 1.44 bits per heavy atom. The van der Waals surface area contributed by atoms with E-state index in [1.165, 1.54) is 12.7 Å². The molecule has 16 heavy (non-hydrogen) atoms. The molecule has 0 unspecified atom stereocenters. The van der Waals surface area contributed by atoms with Gasteiger partial charge in [0.05, 0.1) is 6.26 Å². The lowest BCUT2D eigenvalue weighted by molar-refractivity contribution is -0.0425. The third kappa shape index (κ3) is 2.05. The molecule has 3 nitrogen and oxygen atoms in total. The summed E-state index contributed by atoms with van der Waals surface area (Å²) in [6.07, 6.45) is 6.50. The largest absolute Gasteiger partial charge is 0.461 e. The van der Waals surface area contributed by atoms with Crippen LogP contribution in [0.3, 0.4) is 0 Å². The highest BCUT2D eigenvalue weighted by atomic mass is 16.5. The highest BCUT2D eigenvalue weighted by Crippen LogP contribution is 2.34. The Morgan fingerprint density at radius 2 is 2.19 bits per heavy atom. The summed E-state index contributed by atoms with van der Waals surface area (Å²) in [6, 6.07) is 3.47. The monoisotopic (exact) mass is 222 g/mol. The molecule has 0 aliphatic heterocycles. The number of hydrogen-bond donors (Lipinski definition) is 0. The zero-order valence-electron chi connectivity index (χ0n) is 9.70. The smallest absolute Gasteiger partial charge is 0.229 e. The van der Waals surface area contributed by atoms with Gasteiger partial charge in [-0.2, -0.15) is 0 Å². The first-order valence-electron chi connectivity index (χ1n) is 6.01. The van der Waals surface area contributed by atoms with E-state index in [4.69, 9.17) is 9.15 Å². The Kier molecular flexibility index (Phi) is 3.44. The van der Waals surface area contributed by atoms with Gasteiger partial charge in [0.25, 0.3) is 0 Å². The van der Waals surface area contributed by atoms with Crippen molar-refractivity contribution in [3.05, 3.63) is 24.2 Å². The van der Waals surface area contributed by atoms with E-state index in [1.807, 2.05) is 6.92 Å². The number of rotatable bonds is 4. The van der Waals surface area contributed by atoms with Gasteiger partial charge in [0, 0.05) is 6.61 Å². The number of ketones is 1. The summed E-state index contributed by atoms with van der Waals surface area (Å²) in [5, 5.41) is 0. The summed E-state index contributed by atoms with van der Waals surface area (Å²) in [4.78, 5) is 12.4. The maximum absolute atomic E-state index is 12.4. The van der Waals surface area contributed by atoms with Gasteiger partial charge in [0.15, 0.2) is 5.76 Å². The van der Waals surface area contributed by atoms with Crippen LogP contribution in [0.2, 0.25) is 0 Å². The summed E-state index contributed by atoms with van der Waals surface area (Å²) in [5.74, 6) is 0.439. The number of furan rings is 1. The normalized spacial score (nSPS) is 19.6. The van der Waals surface area contributed by atoms with E-state index in [1.54, 1.807) is 12.1 Å². The van der Waals surface area contributed by atoms with Crippen LogP contribution >= 0.6 is 0 Å². The fourth-order valence-electron chi connectivity index (χ4n) is 2.47. The topological polar surface area (TPSA) is 39.4 Å². The summed E-state index contributed by atoms with van der Waals surface area (Å²) in [5.41, 5.74) is -0.620. The summed E-state index contributed by atoms with van der Waals surface area (Å²) < 4.78 is 10.9. The molecule has 0 saturated heterocycles. The van der Waals surface area contributed by atoms with Crippen molar-refractivity contribution in [3.8, 4) is 0 Å². The number of carbonyl (C=O) groups excluding carboxylic acids is 1. The minimum Gasteiger partial charge on any atom is -0.461 e. The highest BCUT2D eigenvalue weighted by Gasteiger charge is 2.41. The molecule has 1 aromatic heterocycles. The molecular formula is C13H18O3. The molecule has 88 valence electrons. The van der Waals surface area contributed by atoms with Gasteiger partial charge in [0.2, 0.25) is 5.78 Å². The molecule has 1 saturated carbocycles. The second kappa shape index (κ2) is 4.83. The first-order valence-corrected chi connectivity index (χ1v) is 6.01. The van der Waals surface area contributed by atoms with Gasteiger partial charge in [-0.3, -0.25) is 4.79 Å². The Labute approximate surface area is 95.8 Å². The van der Waals surface area contributed by atoms with Gasteiger partial charge in [-0.25, -0.2) is 0 Å². The predicted octanol–water partition coefficient (Wildman–Crippen LogP) is 3.20. The zero-order valence-corrected chi connectivity index (χ0v) is 9.70. The van der Waals surface area contributed by atoms with E-state index in [9.17, 15) is 4.79 Å². The number of Topliss-reactive ketones (excluding diaryl/α,β-unsaturated/α-hetero) is 1. The van der Waals surface area contributed by atoms with Gasteiger partial charge in [-0.05, 0) is 31.9 Å². The van der Waals surface area contributed by atoms with Crippen molar-refractivity contribution in [2.45, 2.75) is 44.6 Å². The van der Waals surface area contributed by atoms with Crippen molar-refractivity contribution < 1.29 is 13.9 Å². The molecule has 0 bridgehead atoms.